The Morgan fingerprint density at radius 3 is 3.00 bits per heavy atom. The highest BCUT2D eigenvalue weighted by molar-refractivity contribution is 5.49. The summed E-state index contributed by atoms with van der Waals surface area (Å²) in [6.07, 6.45) is 1.37. The number of aromatic amines is 1. The van der Waals surface area contributed by atoms with Crippen LogP contribution >= 0.6 is 0 Å². The van der Waals surface area contributed by atoms with Crippen molar-refractivity contribution in [3.8, 4) is 0 Å². The Morgan fingerprint density at radius 2 is 2.20 bits per heavy atom. The summed E-state index contributed by atoms with van der Waals surface area (Å²) in [5, 5.41) is 9.26. The number of benzene rings is 1. The highest BCUT2D eigenvalue weighted by Crippen LogP contribution is 2.20. The third kappa shape index (κ3) is 2.13. The second-order valence-electron chi connectivity index (χ2n) is 4.42. The Hall–Kier alpha value is -2.70. The number of rotatable bonds is 3. The molecule has 0 aliphatic heterocycles. The van der Waals surface area contributed by atoms with Crippen LogP contribution in [-0.2, 0) is 0 Å². The molecule has 3 rings (SSSR count). The van der Waals surface area contributed by atoms with Crippen molar-refractivity contribution in [3.63, 3.8) is 0 Å². The van der Waals surface area contributed by atoms with E-state index in [0.717, 1.165) is 0 Å². The van der Waals surface area contributed by atoms with Crippen molar-refractivity contribution in [2.45, 2.75) is 13.0 Å². The lowest BCUT2D eigenvalue weighted by Gasteiger charge is -2.15. The largest absolute Gasteiger partial charge is 0.363 e. The van der Waals surface area contributed by atoms with Gasteiger partial charge in [0.2, 0.25) is 0 Å². The van der Waals surface area contributed by atoms with E-state index in [1.54, 1.807) is 24.3 Å². The number of fused-ring (bicyclic) bond motifs is 1. The van der Waals surface area contributed by atoms with Gasteiger partial charge in [0.05, 0.1) is 6.04 Å². The molecule has 2 heterocycles. The van der Waals surface area contributed by atoms with Crippen LogP contribution in [0.4, 0.5) is 10.2 Å². The quantitative estimate of drug-likeness (QED) is 0.762. The summed E-state index contributed by atoms with van der Waals surface area (Å²) in [5.74, 6) is 0.247. The predicted octanol–water partition coefficient (Wildman–Crippen LogP) is 1.73. The van der Waals surface area contributed by atoms with Gasteiger partial charge in [0.15, 0.2) is 5.65 Å². The lowest BCUT2D eigenvalue weighted by molar-refractivity contribution is 0.600. The van der Waals surface area contributed by atoms with E-state index in [9.17, 15) is 9.18 Å². The van der Waals surface area contributed by atoms with Gasteiger partial charge in [0.1, 0.15) is 18.0 Å². The zero-order valence-electron chi connectivity index (χ0n) is 10.7. The minimum Gasteiger partial charge on any atom is -0.363 e. The van der Waals surface area contributed by atoms with Gasteiger partial charge in [-0.3, -0.25) is 0 Å². The maximum absolute atomic E-state index is 13.7. The molecule has 2 aromatic heterocycles. The third-order valence-electron chi connectivity index (χ3n) is 3.05. The fourth-order valence-electron chi connectivity index (χ4n) is 2.01. The first-order valence-corrected chi connectivity index (χ1v) is 6.09. The minimum absolute atomic E-state index is 0.253. The summed E-state index contributed by atoms with van der Waals surface area (Å²) in [4.78, 5) is 15.4. The summed E-state index contributed by atoms with van der Waals surface area (Å²) in [5.41, 5.74) is 0.656. The number of H-pyrrole nitrogens is 1. The average molecular weight is 273 g/mol. The Balaban J connectivity index is 1.89. The van der Waals surface area contributed by atoms with E-state index in [-0.39, 0.29) is 17.5 Å². The molecular formula is C13H12FN5O. The molecule has 0 radical (unpaired) electrons. The van der Waals surface area contributed by atoms with Crippen molar-refractivity contribution in [2.75, 3.05) is 5.32 Å². The molecule has 0 saturated carbocycles. The van der Waals surface area contributed by atoms with Crippen molar-refractivity contribution in [1.29, 1.82) is 0 Å². The van der Waals surface area contributed by atoms with E-state index in [4.69, 9.17) is 0 Å². The lowest BCUT2D eigenvalue weighted by Crippen LogP contribution is -2.12. The van der Waals surface area contributed by atoms with Crippen LogP contribution in [0.15, 0.2) is 41.5 Å². The van der Waals surface area contributed by atoms with Crippen LogP contribution in [0, 0.1) is 5.82 Å². The van der Waals surface area contributed by atoms with E-state index in [1.807, 2.05) is 6.92 Å². The molecule has 1 unspecified atom stereocenters. The van der Waals surface area contributed by atoms with E-state index < -0.39 is 0 Å². The van der Waals surface area contributed by atoms with Gasteiger partial charge < -0.3 is 5.32 Å². The van der Waals surface area contributed by atoms with Crippen LogP contribution in [0.3, 0.4) is 0 Å². The molecule has 6 nitrogen and oxygen atoms in total. The first kappa shape index (κ1) is 12.3. The van der Waals surface area contributed by atoms with E-state index in [0.29, 0.717) is 17.0 Å². The predicted molar refractivity (Wildman–Crippen MR) is 72.0 cm³/mol. The minimum atomic E-state index is -0.346. The van der Waals surface area contributed by atoms with Gasteiger partial charge in [-0.15, -0.1) is 0 Å². The Labute approximate surface area is 113 Å². The Morgan fingerprint density at radius 1 is 1.40 bits per heavy atom. The number of hydrogen-bond acceptors (Lipinski definition) is 4. The molecule has 2 N–H and O–H groups in total. The molecular weight excluding hydrogens is 261 g/mol. The van der Waals surface area contributed by atoms with Crippen LogP contribution in [0.5, 0.6) is 0 Å². The molecule has 0 amide bonds. The average Bonchev–Trinajstić information content (AvgIpc) is 2.80. The van der Waals surface area contributed by atoms with Crippen LogP contribution in [0.25, 0.3) is 5.65 Å². The smallest absolute Gasteiger partial charge is 0.348 e. The highest BCUT2D eigenvalue weighted by atomic mass is 19.1. The van der Waals surface area contributed by atoms with Gasteiger partial charge in [0.25, 0.3) is 0 Å². The van der Waals surface area contributed by atoms with Gasteiger partial charge in [-0.2, -0.15) is 5.10 Å². The van der Waals surface area contributed by atoms with Crippen LogP contribution < -0.4 is 11.0 Å². The number of aromatic nitrogens is 4. The summed E-state index contributed by atoms with van der Waals surface area (Å²) in [6, 6.07) is 7.92. The fourth-order valence-corrected chi connectivity index (χ4v) is 2.01. The maximum atomic E-state index is 13.7. The van der Waals surface area contributed by atoms with Crippen LogP contribution in [-0.4, -0.2) is 19.6 Å². The molecule has 0 aliphatic rings. The number of anilines is 1. The summed E-state index contributed by atoms with van der Waals surface area (Å²) in [6.45, 7) is 1.83. The standard InChI is InChI=1S/C13H12FN5O/c1-8(9-4-2-3-5-10(9)14)16-11-6-12-17-18-13(20)19(12)7-15-11/h2-8,16H,1H3,(H,18,20). The van der Waals surface area contributed by atoms with E-state index in [2.05, 4.69) is 20.5 Å². The molecule has 0 spiro atoms. The van der Waals surface area contributed by atoms with Crippen molar-refractivity contribution in [2.24, 2.45) is 0 Å². The normalized spacial score (nSPS) is 12.5. The van der Waals surface area contributed by atoms with Crippen molar-refractivity contribution >= 4 is 11.5 Å². The van der Waals surface area contributed by atoms with E-state index >= 15 is 0 Å². The summed E-state index contributed by atoms with van der Waals surface area (Å²) >= 11 is 0. The Kier molecular flexibility index (Phi) is 2.94. The molecule has 7 heteroatoms. The van der Waals surface area contributed by atoms with Gasteiger partial charge in [-0.1, -0.05) is 18.2 Å². The lowest BCUT2D eigenvalue weighted by atomic mass is 10.1. The molecule has 1 atom stereocenters. The van der Waals surface area contributed by atoms with E-state index in [1.165, 1.54) is 16.8 Å². The van der Waals surface area contributed by atoms with Crippen LogP contribution in [0.2, 0.25) is 0 Å². The molecule has 0 fully saturated rings. The molecule has 0 aliphatic carbocycles. The molecule has 0 saturated heterocycles. The van der Waals surface area contributed by atoms with Gasteiger partial charge >= 0.3 is 5.69 Å². The third-order valence-corrected chi connectivity index (χ3v) is 3.05. The molecule has 0 bridgehead atoms. The molecule has 102 valence electrons. The second-order valence-corrected chi connectivity index (χ2v) is 4.42. The zero-order valence-corrected chi connectivity index (χ0v) is 10.7. The summed E-state index contributed by atoms with van der Waals surface area (Å²) in [7, 11) is 0. The SMILES string of the molecule is CC(Nc1cc2n[nH]c(=O)n2cn1)c1ccccc1F. The monoisotopic (exact) mass is 273 g/mol. The Bertz CT molecular complexity index is 810. The van der Waals surface area contributed by atoms with Crippen molar-refractivity contribution < 1.29 is 4.39 Å². The maximum Gasteiger partial charge on any atom is 0.348 e. The highest BCUT2D eigenvalue weighted by Gasteiger charge is 2.11. The number of hydrogen-bond donors (Lipinski definition) is 2. The molecule has 1 aromatic carbocycles. The molecule has 3 aromatic rings. The van der Waals surface area contributed by atoms with Gasteiger partial charge in [-0.25, -0.2) is 23.7 Å². The number of nitrogens with zero attached hydrogens (tertiary/aromatic N) is 3. The fraction of sp³-hybridized carbons (Fsp3) is 0.154. The second kappa shape index (κ2) is 4.76. The first-order chi connectivity index (χ1) is 9.65. The number of nitrogens with one attached hydrogen (secondary N) is 2. The van der Waals surface area contributed by atoms with Crippen molar-refractivity contribution in [1.82, 2.24) is 19.6 Å². The topological polar surface area (TPSA) is 75.1 Å². The van der Waals surface area contributed by atoms with Crippen LogP contribution in [0.1, 0.15) is 18.5 Å². The zero-order chi connectivity index (χ0) is 14.1. The first-order valence-electron chi connectivity index (χ1n) is 6.09. The van der Waals surface area contributed by atoms with Gasteiger partial charge in [-0.05, 0) is 13.0 Å². The van der Waals surface area contributed by atoms with Crippen molar-refractivity contribution in [3.05, 3.63) is 58.5 Å². The van der Waals surface area contributed by atoms with Gasteiger partial charge in [0, 0.05) is 11.6 Å². The summed E-state index contributed by atoms with van der Waals surface area (Å²) < 4.78 is 15.0. The molecule has 20 heavy (non-hydrogen) atoms. The number of halogens is 1.